The molecule has 2 unspecified atom stereocenters. The van der Waals surface area contributed by atoms with E-state index in [9.17, 15) is 38.2 Å². The predicted molar refractivity (Wildman–Crippen MR) is 314 cm³/mol. The van der Waals surface area contributed by atoms with Crippen LogP contribution in [0.4, 0.5) is 11.5 Å². The number of aliphatic hydroxyl groups is 1. The minimum atomic E-state index is -5.81. The van der Waals surface area contributed by atoms with Crippen LogP contribution in [0.15, 0.2) is 47.4 Å². The van der Waals surface area contributed by atoms with E-state index in [-0.39, 0.29) is 86.0 Å². The number of aromatic nitrogens is 2. The summed E-state index contributed by atoms with van der Waals surface area (Å²) in [7, 11) is -15.4. The maximum Gasteiger partial charge on any atom is 0.490 e. The van der Waals surface area contributed by atoms with E-state index in [0.717, 1.165) is 37.9 Å². The van der Waals surface area contributed by atoms with Crippen molar-refractivity contribution in [2.45, 2.75) is 104 Å². The minimum Gasteiger partial charge on any atom is -0.456 e. The van der Waals surface area contributed by atoms with Crippen LogP contribution in [0.5, 0.6) is 11.5 Å². The molecule has 0 bridgehead atoms. The molecule has 0 saturated carbocycles. The standard InChI is InChI=1S/C53H60Cl4N7O16P3/c1-10-63-34-20-37-32(18-30(34)27(3)23-52(63,5)6)42(33-19-31-28(4)24-53(7,8)64(11-2)35(31)21-38(33)77-37)43-44(46(55)48(57)47(56)45(43)54)50(67)61(9)17-13-15-40(66)59-16-12-14-29-25-62(51(68)60-49(29)58)41-22-36(65)39(78-41)26-76-82(72,73)80-83(74,75)79-81(69,70)71/h18-21,23-25,36,39,41,65H,10-11,13,15-17,22,26H2,1-9H3,(H6-,58,59,60,66,68,69,70,71,72,73,74,75)/p+1/t36-,39+,41+/m0/s1. The van der Waals surface area contributed by atoms with Crippen LogP contribution < -0.4 is 41.5 Å². The molecule has 3 aromatic carbocycles. The van der Waals surface area contributed by atoms with Gasteiger partial charge in [-0.3, -0.25) is 18.7 Å². The summed E-state index contributed by atoms with van der Waals surface area (Å²) in [5, 5.41) is 14.6. The van der Waals surface area contributed by atoms with Crippen molar-refractivity contribution in [2.24, 2.45) is 0 Å². The molecule has 446 valence electrons. The highest BCUT2D eigenvalue weighted by molar-refractivity contribution is 7.66. The lowest BCUT2D eigenvalue weighted by Gasteiger charge is -2.43. The molecule has 1 fully saturated rings. The number of aliphatic hydroxyl groups excluding tert-OH is 1. The van der Waals surface area contributed by atoms with E-state index in [1.165, 1.54) is 11.1 Å². The number of carbonyl (C=O) groups is 2. The number of phosphoric acid groups is 3. The average molecular weight is 1290 g/mol. The van der Waals surface area contributed by atoms with Crippen molar-refractivity contribution in [1.29, 1.82) is 0 Å². The molecule has 5 atom stereocenters. The molecule has 8 rings (SSSR count). The largest absolute Gasteiger partial charge is 0.490 e. The number of fused-ring (bicyclic) bond motifs is 4. The molecule has 1 aromatic heterocycles. The van der Waals surface area contributed by atoms with Crippen molar-refractivity contribution in [3.8, 4) is 23.3 Å². The fourth-order valence-corrected chi connectivity index (χ4v) is 15.0. The van der Waals surface area contributed by atoms with Crippen molar-refractivity contribution in [2.75, 3.05) is 50.5 Å². The number of benzene rings is 3. The van der Waals surface area contributed by atoms with Crippen LogP contribution >= 0.6 is 69.9 Å². The smallest absolute Gasteiger partial charge is 0.456 e. The zero-order valence-electron chi connectivity index (χ0n) is 46.3. The van der Waals surface area contributed by atoms with Gasteiger partial charge in [-0.15, -0.1) is 0 Å². The second-order valence-electron chi connectivity index (χ2n) is 21.1. The highest BCUT2D eigenvalue weighted by Gasteiger charge is 2.44. The first-order valence-corrected chi connectivity index (χ1v) is 31.9. The lowest BCUT2D eigenvalue weighted by atomic mass is 9.83. The van der Waals surface area contributed by atoms with E-state index in [2.05, 4.69) is 124 Å². The van der Waals surface area contributed by atoms with Crippen molar-refractivity contribution in [3.63, 3.8) is 0 Å². The molecular formula is C53H61Cl4N7O16P3+. The summed E-state index contributed by atoms with van der Waals surface area (Å²) in [4.78, 5) is 85.2. The van der Waals surface area contributed by atoms with Gasteiger partial charge in [-0.05, 0) is 77.3 Å². The van der Waals surface area contributed by atoms with Gasteiger partial charge in [-0.1, -0.05) is 64.3 Å². The van der Waals surface area contributed by atoms with Gasteiger partial charge in [-0.2, -0.15) is 13.6 Å². The molecule has 2 amide bonds. The summed E-state index contributed by atoms with van der Waals surface area (Å²) in [6.07, 6.45) is 1.26. The topological polar surface area (TPSA) is 315 Å². The Kier molecular flexibility index (Phi) is 18.6. The van der Waals surface area contributed by atoms with E-state index in [1.54, 1.807) is 7.05 Å². The lowest BCUT2D eigenvalue weighted by molar-refractivity contribution is -0.121. The van der Waals surface area contributed by atoms with E-state index < -0.39 is 66.0 Å². The molecule has 4 aromatic rings. The first kappa shape index (κ1) is 64.1. The molecule has 30 heteroatoms. The molecule has 0 spiro atoms. The van der Waals surface area contributed by atoms with Gasteiger partial charge in [-0.25, -0.2) is 23.1 Å². The summed E-state index contributed by atoms with van der Waals surface area (Å²) in [5.41, 5.74) is 10.9. The fraction of sp³-hybridized carbons (Fsp3) is 0.415. The third kappa shape index (κ3) is 13.4. The summed E-state index contributed by atoms with van der Waals surface area (Å²) in [5.74, 6) is 5.23. The van der Waals surface area contributed by atoms with Crippen LogP contribution in [0.1, 0.15) is 119 Å². The second kappa shape index (κ2) is 24.1. The summed E-state index contributed by atoms with van der Waals surface area (Å²) < 4.78 is 62.5. The van der Waals surface area contributed by atoms with Gasteiger partial charge in [0, 0.05) is 97.8 Å². The number of carbonyl (C=O) groups excluding carboxylic acids is 2. The van der Waals surface area contributed by atoms with Gasteiger partial charge in [0.2, 0.25) is 11.3 Å². The highest BCUT2D eigenvalue weighted by Crippen LogP contribution is 2.66. The van der Waals surface area contributed by atoms with Crippen LogP contribution in [0.25, 0.3) is 16.7 Å². The number of likely N-dealkylation sites (N-methyl/N-ethyl adjacent to an activating group) is 2. The molecule has 5 heterocycles. The molecule has 1 saturated heterocycles. The molecule has 4 aliphatic heterocycles. The van der Waals surface area contributed by atoms with Crippen LogP contribution in [-0.4, -0.2) is 114 Å². The maximum absolute atomic E-state index is 15.1. The number of nitrogen functional groups attached to an aromatic ring is 1. The molecule has 83 heavy (non-hydrogen) atoms. The van der Waals surface area contributed by atoms with Crippen LogP contribution in [0, 0.1) is 11.8 Å². The minimum absolute atomic E-state index is 0.000942. The van der Waals surface area contributed by atoms with E-state index in [0.29, 0.717) is 40.9 Å². The quantitative estimate of drug-likeness (QED) is 0.0155. The number of halogens is 4. The predicted octanol–water partition coefficient (Wildman–Crippen LogP) is 7.53. The van der Waals surface area contributed by atoms with Crippen LogP contribution in [-0.2, 0) is 36.4 Å². The normalized spacial score (nSPS) is 20.0. The van der Waals surface area contributed by atoms with Crippen molar-refractivity contribution < 1.29 is 70.6 Å². The number of nitrogens with two attached hydrogens (primary N) is 1. The van der Waals surface area contributed by atoms with E-state index in [4.69, 9.17) is 71.4 Å². The number of ether oxygens (including phenoxy) is 2. The van der Waals surface area contributed by atoms with Gasteiger partial charge in [0.25, 0.3) is 5.91 Å². The number of allylic oxidation sites excluding steroid dienone is 2. The molecule has 23 nitrogen and oxygen atoms in total. The van der Waals surface area contributed by atoms with Crippen LogP contribution in [0.2, 0.25) is 20.1 Å². The number of phosphoric ester groups is 1. The molecule has 0 radical (unpaired) electrons. The highest BCUT2D eigenvalue weighted by atomic mass is 35.5. The van der Waals surface area contributed by atoms with Gasteiger partial charge >= 0.3 is 29.2 Å². The lowest BCUT2D eigenvalue weighted by Crippen LogP contribution is -2.49. The monoisotopic (exact) mass is 1280 g/mol. The van der Waals surface area contributed by atoms with Gasteiger partial charge in [0.15, 0.2) is 5.54 Å². The van der Waals surface area contributed by atoms with Gasteiger partial charge in [0.05, 0.1) is 62.1 Å². The van der Waals surface area contributed by atoms with Crippen molar-refractivity contribution in [1.82, 2.24) is 24.3 Å². The Morgan fingerprint density at radius 1 is 0.928 bits per heavy atom. The Morgan fingerprint density at radius 3 is 2.27 bits per heavy atom. The number of nitrogens with one attached hydrogen (secondary N) is 1. The van der Waals surface area contributed by atoms with Gasteiger partial charge < -0.3 is 55.0 Å². The third-order valence-electron chi connectivity index (χ3n) is 14.4. The summed E-state index contributed by atoms with van der Waals surface area (Å²) >= 11 is 28.3. The Morgan fingerprint density at radius 2 is 1.60 bits per heavy atom. The SMILES string of the molecule is CCN1c2cc3c(cc2C(C)=CC1(C)C)C(c1c(Cl)c(Cl)c(Cl)c(Cl)c1C(=O)N(C)CCCC(=O)NCC#Cc1cn([C@H]2C[C@H](O)[C@@H](COP(=O)(O)OP(=O)(O)OP(=O)(O)O)O2)c(=O)nc1N)=c1cc2c(cc1O3)=[N+](CC)C(C)(C)C=C2C. The Hall–Kier alpha value is -4.92. The zero-order valence-corrected chi connectivity index (χ0v) is 52.0. The summed E-state index contributed by atoms with van der Waals surface area (Å²) in [6.45, 7) is 17.3. The average Bonchev–Trinajstić information content (AvgIpc) is 2.41. The third-order valence-corrected chi connectivity index (χ3v) is 20.0. The number of amides is 2. The molecule has 4 aliphatic rings. The second-order valence-corrected chi connectivity index (χ2v) is 27.1. The number of anilines is 2. The number of rotatable bonds is 17. The number of nitrogens with zero attached hydrogens (tertiary/aromatic N) is 5. The van der Waals surface area contributed by atoms with E-state index in [1.807, 2.05) is 12.1 Å². The zero-order chi connectivity index (χ0) is 61.2. The maximum atomic E-state index is 15.1. The van der Waals surface area contributed by atoms with Crippen LogP contribution in [0.3, 0.4) is 0 Å². The molecule has 0 aliphatic carbocycles. The molecular weight excluding hydrogens is 1230 g/mol. The Bertz CT molecular complexity index is 3880. The number of hydrogen-bond acceptors (Lipinski definition) is 15. The number of hydrogen-bond donors (Lipinski definition) is 7. The van der Waals surface area contributed by atoms with E-state index >= 15 is 4.79 Å². The van der Waals surface area contributed by atoms with Crippen molar-refractivity contribution >= 4 is 110 Å². The molecule has 8 N–H and O–H groups in total. The Balaban J connectivity index is 1.01. The van der Waals surface area contributed by atoms with Crippen molar-refractivity contribution in [3.05, 3.63) is 117 Å². The Labute approximate surface area is 497 Å². The first-order chi connectivity index (χ1) is 38.6. The fourth-order valence-electron chi connectivity index (χ4n) is 11.0. The summed E-state index contributed by atoms with van der Waals surface area (Å²) in [6, 6.07) is 8.19. The first-order valence-electron chi connectivity index (χ1n) is 25.8. The van der Waals surface area contributed by atoms with Gasteiger partial charge in [0.1, 0.15) is 36.2 Å².